The Bertz CT molecular complexity index is 416. The van der Waals surface area contributed by atoms with E-state index in [0.29, 0.717) is 6.04 Å². The van der Waals surface area contributed by atoms with Gasteiger partial charge in [0.05, 0.1) is 6.61 Å². The summed E-state index contributed by atoms with van der Waals surface area (Å²) < 4.78 is 5.26. The Balaban J connectivity index is 2.83. The lowest BCUT2D eigenvalue weighted by Crippen LogP contribution is -2.41. The van der Waals surface area contributed by atoms with Crippen LogP contribution < -0.4 is 5.73 Å². The van der Waals surface area contributed by atoms with Gasteiger partial charge in [-0.15, -0.1) is 0 Å². The third-order valence-electron chi connectivity index (χ3n) is 4.31. The first-order valence-corrected chi connectivity index (χ1v) is 8.09. The largest absolute Gasteiger partial charge is 0.383 e. The van der Waals surface area contributed by atoms with Crippen LogP contribution in [-0.4, -0.2) is 37.7 Å². The summed E-state index contributed by atoms with van der Waals surface area (Å²) >= 11 is 0. The minimum atomic E-state index is 0.0577. The molecule has 1 unspecified atom stereocenters. The zero-order chi connectivity index (χ0) is 15.8. The van der Waals surface area contributed by atoms with Gasteiger partial charge in [-0.05, 0) is 37.8 Å². The molecule has 0 radical (unpaired) electrons. The highest BCUT2D eigenvalue weighted by Gasteiger charge is 2.19. The van der Waals surface area contributed by atoms with Crippen molar-refractivity contribution in [3.63, 3.8) is 0 Å². The van der Waals surface area contributed by atoms with Crippen molar-refractivity contribution >= 4 is 0 Å². The Morgan fingerprint density at radius 3 is 2.43 bits per heavy atom. The summed E-state index contributed by atoms with van der Waals surface area (Å²) in [7, 11) is 1.76. The number of ether oxygens (including phenoxy) is 1. The van der Waals surface area contributed by atoms with E-state index in [1.54, 1.807) is 7.11 Å². The monoisotopic (exact) mass is 292 g/mol. The average molecular weight is 292 g/mol. The molecule has 3 nitrogen and oxygen atoms in total. The van der Waals surface area contributed by atoms with Crippen molar-refractivity contribution in [2.75, 3.05) is 26.8 Å². The van der Waals surface area contributed by atoms with E-state index < -0.39 is 0 Å². The molecule has 1 aromatic rings. The Morgan fingerprint density at radius 2 is 1.86 bits per heavy atom. The second kappa shape index (κ2) is 9.19. The highest BCUT2D eigenvalue weighted by Crippen LogP contribution is 2.20. The first kappa shape index (κ1) is 18.1. The first-order chi connectivity index (χ1) is 10.0. The van der Waals surface area contributed by atoms with Gasteiger partial charge in [0, 0.05) is 32.3 Å². The summed E-state index contributed by atoms with van der Waals surface area (Å²) in [6.45, 7) is 11.4. The third kappa shape index (κ3) is 5.42. The van der Waals surface area contributed by atoms with Crippen LogP contribution >= 0.6 is 0 Å². The molecular formula is C18H32N2O. The summed E-state index contributed by atoms with van der Waals surface area (Å²) in [6.07, 6.45) is 2.31. The maximum Gasteiger partial charge on any atom is 0.0589 e. The summed E-state index contributed by atoms with van der Waals surface area (Å²) in [5.41, 5.74) is 10.3. The predicted octanol–water partition coefficient (Wildman–Crippen LogP) is 3.44. The molecule has 3 heteroatoms. The average Bonchev–Trinajstić information content (AvgIpc) is 2.48. The predicted molar refractivity (Wildman–Crippen MR) is 90.7 cm³/mol. The van der Waals surface area contributed by atoms with E-state index in [9.17, 15) is 0 Å². The Hall–Kier alpha value is -0.900. The van der Waals surface area contributed by atoms with E-state index in [-0.39, 0.29) is 6.04 Å². The van der Waals surface area contributed by atoms with Crippen LogP contribution in [0.1, 0.15) is 49.4 Å². The SMILES string of the molecule is CCC(CC)N(CCOC)CC(N)c1cc(C)ccc1C. The first-order valence-electron chi connectivity index (χ1n) is 8.09. The van der Waals surface area contributed by atoms with E-state index in [0.717, 1.165) is 32.5 Å². The summed E-state index contributed by atoms with van der Waals surface area (Å²) in [4.78, 5) is 2.48. The third-order valence-corrected chi connectivity index (χ3v) is 4.31. The van der Waals surface area contributed by atoms with Crippen molar-refractivity contribution in [2.24, 2.45) is 5.73 Å². The molecule has 0 bridgehead atoms. The van der Waals surface area contributed by atoms with Crippen molar-refractivity contribution in [1.82, 2.24) is 4.90 Å². The van der Waals surface area contributed by atoms with Gasteiger partial charge in [-0.25, -0.2) is 0 Å². The van der Waals surface area contributed by atoms with Gasteiger partial charge >= 0.3 is 0 Å². The van der Waals surface area contributed by atoms with Crippen LogP contribution in [0.2, 0.25) is 0 Å². The minimum absolute atomic E-state index is 0.0577. The highest BCUT2D eigenvalue weighted by molar-refractivity contribution is 5.33. The van der Waals surface area contributed by atoms with Gasteiger partial charge in [0.25, 0.3) is 0 Å². The topological polar surface area (TPSA) is 38.5 Å². The van der Waals surface area contributed by atoms with E-state index in [4.69, 9.17) is 10.5 Å². The fourth-order valence-electron chi connectivity index (χ4n) is 2.95. The Morgan fingerprint density at radius 1 is 1.19 bits per heavy atom. The molecule has 0 aliphatic rings. The van der Waals surface area contributed by atoms with Gasteiger partial charge in [-0.1, -0.05) is 37.6 Å². The molecule has 0 aliphatic carbocycles. The van der Waals surface area contributed by atoms with Gasteiger partial charge < -0.3 is 10.5 Å². The number of nitrogens with zero attached hydrogens (tertiary/aromatic N) is 1. The van der Waals surface area contributed by atoms with Crippen LogP contribution in [0, 0.1) is 13.8 Å². The van der Waals surface area contributed by atoms with Crippen LogP contribution in [0.25, 0.3) is 0 Å². The minimum Gasteiger partial charge on any atom is -0.383 e. The molecule has 1 rings (SSSR count). The van der Waals surface area contributed by atoms with Gasteiger partial charge in [0.2, 0.25) is 0 Å². The summed E-state index contributed by atoms with van der Waals surface area (Å²) in [5.74, 6) is 0. The standard InChI is InChI=1S/C18H32N2O/c1-6-16(7-2)20(10-11-21-5)13-18(19)17-12-14(3)8-9-15(17)4/h8-9,12,16,18H,6-7,10-11,13,19H2,1-5H3. The van der Waals surface area contributed by atoms with Crippen LogP contribution in [0.15, 0.2) is 18.2 Å². The molecule has 0 aromatic heterocycles. The molecule has 1 aromatic carbocycles. The lowest BCUT2D eigenvalue weighted by molar-refractivity contribution is 0.110. The normalized spacial score (nSPS) is 13.1. The van der Waals surface area contributed by atoms with Crippen LogP contribution in [0.5, 0.6) is 0 Å². The quantitative estimate of drug-likeness (QED) is 0.757. The fraction of sp³-hybridized carbons (Fsp3) is 0.667. The van der Waals surface area contributed by atoms with E-state index in [2.05, 4.69) is 50.8 Å². The van der Waals surface area contributed by atoms with Gasteiger partial charge in [-0.2, -0.15) is 0 Å². The number of rotatable bonds is 9. The molecule has 1 atom stereocenters. The van der Waals surface area contributed by atoms with Crippen molar-refractivity contribution in [2.45, 2.75) is 52.6 Å². The van der Waals surface area contributed by atoms with Gasteiger partial charge in [0.15, 0.2) is 0 Å². The molecule has 0 saturated carbocycles. The Labute approximate surface area is 130 Å². The number of hydrogen-bond donors (Lipinski definition) is 1. The molecule has 21 heavy (non-hydrogen) atoms. The molecular weight excluding hydrogens is 260 g/mol. The lowest BCUT2D eigenvalue weighted by Gasteiger charge is -2.33. The zero-order valence-electron chi connectivity index (χ0n) is 14.4. The van der Waals surface area contributed by atoms with E-state index in [1.807, 2.05) is 0 Å². The van der Waals surface area contributed by atoms with Crippen molar-refractivity contribution in [1.29, 1.82) is 0 Å². The molecule has 0 heterocycles. The maximum absolute atomic E-state index is 6.50. The summed E-state index contributed by atoms with van der Waals surface area (Å²) in [6, 6.07) is 7.18. The molecule has 0 aliphatic heterocycles. The molecule has 0 saturated heterocycles. The number of hydrogen-bond acceptors (Lipinski definition) is 3. The number of aryl methyl sites for hydroxylation is 2. The number of nitrogens with two attached hydrogens (primary N) is 1. The van der Waals surface area contributed by atoms with Crippen molar-refractivity contribution in [3.8, 4) is 0 Å². The number of methoxy groups -OCH3 is 1. The van der Waals surface area contributed by atoms with Gasteiger partial charge in [0.1, 0.15) is 0 Å². The zero-order valence-corrected chi connectivity index (χ0v) is 14.4. The molecule has 0 amide bonds. The van der Waals surface area contributed by atoms with Crippen LogP contribution in [0.4, 0.5) is 0 Å². The lowest BCUT2D eigenvalue weighted by atomic mass is 9.98. The van der Waals surface area contributed by atoms with E-state index in [1.165, 1.54) is 16.7 Å². The summed E-state index contributed by atoms with van der Waals surface area (Å²) in [5, 5.41) is 0. The van der Waals surface area contributed by atoms with Crippen LogP contribution in [-0.2, 0) is 4.74 Å². The molecule has 120 valence electrons. The smallest absolute Gasteiger partial charge is 0.0589 e. The fourth-order valence-corrected chi connectivity index (χ4v) is 2.95. The second-order valence-electron chi connectivity index (χ2n) is 5.92. The van der Waals surface area contributed by atoms with Crippen LogP contribution in [0.3, 0.4) is 0 Å². The molecule has 2 N–H and O–H groups in total. The molecule has 0 spiro atoms. The highest BCUT2D eigenvalue weighted by atomic mass is 16.5. The maximum atomic E-state index is 6.50. The Kier molecular flexibility index (Phi) is 7.94. The second-order valence-corrected chi connectivity index (χ2v) is 5.92. The van der Waals surface area contributed by atoms with Gasteiger partial charge in [-0.3, -0.25) is 4.90 Å². The number of benzene rings is 1. The van der Waals surface area contributed by atoms with E-state index >= 15 is 0 Å². The molecule has 0 fully saturated rings. The van der Waals surface area contributed by atoms with Crippen molar-refractivity contribution < 1.29 is 4.74 Å². The van der Waals surface area contributed by atoms with Crippen molar-refractivity contribution in [3.05, 3.63) is 34.9 Å².